The van der Waals surface area contributed by atoms with Gasteiger partial charge in [-0.2, -0.15) is 10.2 Å². The summed E-state index contributed by atoms with van der Waals surface area (Å²) in [7, 11) is 3.85. The average Bonchev–Trinajstić information content (AvgIpc) is 3.11. The van der Waals surface area contributed by atoms with Crippen LogP contribution < -0.4 is 5.32 Å². The Morgan fingerprint density at radius 2 is 1.95 bits per heavy atom. The summed E-state index contributed by atoms with van der Waals surface area (Å²) < 4.78 is 3.68. The van der Waals surface area contributed by atoms with Crippen LogP contribution in [-0.2, 0) is 7.05 Å². The van der Waals surface area contributed by atoms with Gasteiger partial charge in [-0.1, -0.05) is 18.2 Å². The van der Waals surface area contributed by atoms with Gasteiger partial charge in [-0.15, -0.1) is 0 Å². The van der Waals surface area contributed by atoms with Gasteiger partial charge < -0.3 is 5.32 Å². The number of aryl methyl sites for hydroxylation is 1. The van der Waals surface area contributed by atoms with E-state index in [9.17, 15) is 0 Å². The van der Waals surface area contributed by atoms with Crippen LogP contribution in [0.2, 0.25) is 0 Å². The molecule has 0 bridgehead atoms. The second-order valence-corrected chi connectivity index (χ2v) is 4.69. The maximum absolute atomic E-state index is 4.65. The summed E-state index contributed by atoms with van der Waals surface area (Å²) in [6, 6.07) is 12.2. The van der Waals surface area contributed by atoms with Gasteiger partial charge in [0.1, 0.15) is 0 Å². The molecule has 0 amide bonds. The molecule has 5 nitrogen and oxygen atoms in total. The van der Waals surface area contributed by atoms with Gasteiger partial charge in [-0.3, -0.25) is 4.68 Å². The molecule has 20 heavy (non-hydrogen) atoms. The fraction of sp³-hybridized carbons (Fsp3) is 0.200. The Morgan fingerprint density at radius 1 is 1.15 bits per heavy atom. The van der Waals surface area contributed by atoms with Crippen molar-refractivity contribution in [2.24, 2.45) is 7.05 Å². The zero-order valence-corrected chi connectivity index (χ0v) is 11.6. The topological polar surface area (TPSA) is 47.7 Å². The Morgan fingerprint density at radius 3 is 2.60 bits per heavy atom. The molecule has 2 aromatic heterocycles. The SMILES string of the molecule is CNC(c1cnn(C)c1)c1ccn(-c2ccccc2)n1. The normalized spacial score (nSPS) is 12.5. The third kappa shape index (κ3) is 2.35. The molecule has 0 radical (unpaired) electrons. The first-order chi connectivity index (χ1) is 9.78. The van der Waals surface area contributed by atoms with Gasteiger partial charge in [0, 0.05) is 25.0 Å². The zero-order valence-electron chi connectivity index (χ0n) is 11.6. The lowest BCUT2D eigenvalue weighted by atomic mass is 10.1. The van der Waals surface area contributed by atoms with Crippen molar-refractivity contribution in [3.8, 4) is 5.69 Å². The number of aromatic nitrogens is 4. The van der Waals surface area contributed by atoms with Crippen molar-refractivity contribution in [2.45, 2.75) is 6.04 Å². The van der Waals surface area contributed by atoms with Gasteiger partial charge in [0.2, 0.25) is 0 Å². The molecule has 0 fully saturated rings. The van der Waals surface area contributed by atoms with Crippen LogP contribution in [0.4, 0.5) is 0 Å². The summed E-state index contributed by atoms with van der Waals surface area (Å²) in [5.74, 6) is 0. The maximum atomic E-state index is 4.65. The smallest absolute Gasteiger partial charge is 0.0844 e. The molecule has 0 saturated carbocycles. The molecule has 1 atom stereocenters. The summed E-state index contributed by atoms with van der Waals surface area (Å²) in [6.07, 6.45) is 5.84. The molecule has 0 saturated heterocycles. The molecule has 3 aromatic rings. The van der Waals surface area contributed by atoms with Crippen LogP contribution in [-0.4, -0.2) is 26.6 Å². The fourth-order valence-electron chi connectivity index (χ4n) is 2.29. The third-order valence-corrected chi connectivity index (χ3v) is 3.27. The molecule has 2 heterocycles. The van der Waals surface area contributed by atoms with Crippen LogP contribution in [0.5, 0.6) is 0 Å². The van der Waals surface area contributed by atoms with E-state index in [1.807, 2.05) is 73.8 Å². The number of nitrogens with zero attached hydrogens (tertiary/aromatic N) is 4. The highest BCUT2D eigenvalue weighted by atomic mass is 15.3. The van der Waals surface area contributed by atoms with Crippen molar-refractivity contribution in [3.63, 3.8) is 0 Å². The summed E-state index contributed by atoms with van der Waals surface area (Å²) >= 11 is 0. The summed E-state index contributed by atoms with van der Waals surface area (Å²) in [5, 5.41) is 12.2. The van der Waals surface area contributed by atoms with Crippen molar-refractivity contribution in [2.75, 3.05) is 7.05 Å². The minimum absolute atomic E-state index is 0.0497. The second kappa shape index (κ2) is 5.30. The lowest BCUT2D eigenvalue weighted by molar-refractivity contribution is 0.656. The predicted molar refractivity (Wildman–Crippen MR) is 77.7 cm³/mol. The van der Waals surface area contributed by atoms with Crippen LogP contribution in [0.25, 0.3) is 5.69 Å². The van der Waals surface area contributed by atoms with Crippen molar-refractivity contribution in [1.82, 2.24) is 24.9 Å². The van der Waals surface area contributed by atoms with Crippen molar-refractivity contribution < 1.29 is 0 Å². The number of hydrogen-bond acceptors (Lipinski definition) is 3. The first-order valence-electron chi connectivity index (χ1n) is 6.55. The van der Waals surface area contributed by atoms with E-state index in [0.29, 0.717) is 0 Å². The predicted octanol–water partition coefficient (Wildman–Crippen LogP) is 1.91. The molecule has 0 aliphatic heterocycles. The number of nitrogens with one attached hydrogen (secondary N) is 1. The van der Waals surface area contributed by atoms with Crippen LogP contribution in [0.3, 0.4) is 0 Å². The highest BCUT2D eigenvalue weighted by Gasteiger charge is 2.16. The second-order valence-electron chi connectivity index (χ2n) is 4.69. The lowest BCUT2D eigenvalue weighted by Crippen LogP contribution is -2.18. The summed E-state index contributed by atoms with van der Waals surface area (Å²) in [6.45, 7) is 0. The van der Waals surface area contributed by atoms with Gasteiger partial charge >= 0.3 is 0 Å². The molecule has 102 valence electrons. The minimum atomic E-state index is 0.0497. The van der Waals surface area contributed by atoms with Gasteiger partial charge in [0.25, 0.3) is 0 Å². The first-order valence-corrected chi connectivity index (χ1v) is 6.55. The molecule has 3 rings (SSSR count). The van der Waals surface area contributed by atoms with E-state index in [0.717, 1.165) is 16.9 Å². The fourth-order valence-corrected chi connectivity index (χ4v) is 2.29. The molecular formula is C15H17N5. The van der Waals surface area contributed by atoms with Gasteiger partial charge in [-0.05, 0) is 25.2 Å². The number of benzene rings is 1. The van der Waals surface area contributed by atoms with Crippen molar-refractivity contribution >= 4 is 0 Å². The Balaban J connectivity index is 1.92. The van der Waals surface area contributed by atoms with Crippen LogP contribution in [0.15, 0.2) is 55.0 Å². The van der Waals surface area contributed by atoms with E-state index in [-0.39, 0.29) is 6.04 Å². The Labute approximate surface area is 117 Å². The molecule has 0 aliphatic carbocycles. The van der Waals surface area contributed by atoms with Crippen LogP contribution in [0.1, 0.15) is 17.3 Å². The van der Waals surface area contributed by atoms with Crippen LogP contribution >= 0.6 is 0 Å². The van der Waals surface area contributed by atoms with E-state index in [1.54, 1.807) is 4.68 Å². The molecule has 1 unspecified atom stereocenters. The first kappa shape index (κ1) is 12.6. The molecular weight excluding hydrogens is 250 g/mol. The van der Waals surface area contributed by atoms with Gasteiger partial charge in [0.15, 0.2) is 0 Å². The molecule has 0 spiro atoms. The Bertz CT molecular complexity index is 683. The average molecular weight is 267 g/mol. The largest absolute Gasteiger partial charge is 0.308 e. The van der Waals surface area contributed by atoms with Crippen LogP contribution in [0, 0.1) is 0 Å². The number of hydrogen-bond donors (Lipinski definition) is 1. The van der Waals surface area contributed by atoms with Gasteiger partial charge in [-0.25, -0.2) is 4.68 Å². The van der Waals surface area contributed by atoms with E-state index in [2.05, 4.69) is 15.5 Å². The molecule has 1 aromatic carbocycles. The lowest BCUT2D eigenvalue weighted by Gasteiger charge is -2.11. The number of rotatable bonds is 4. The maximum Gasteiger partial charge on any atom is 0.0844 e. The van der Waals surface area contributed by atoms with E-state index >= 15 is 0 Å². The molecule has 5 heteroatoms. The number of para-hydroxylation sites is 1. The Kier molecular flexibility index (Phi) is 3.35. The molecule has 1 N–H and O–H groups in total. The third-order valence-electron chi connectivity index (χ3n) is 3.27. The highest BCUT2D eigenvalue weighted by Crippen LogP contribution is 2.20. The molecule has 0 aliphatic rings. The van der Waals surface area contributed by atoms with Crippen molar-refractivity contribution in [3.05, 3.63) is 66.2 Å². The zero-order chi connectivity index (χ0) is 13.9. The van der Waals surface area contributed by atoms with E-state index in [1.165, 1.54) is 0 Å². The summed E-state index contributed by atoms with van der Waals surface area (Å²) in [4.78, 5) is 0. The summed E-state index contributed by atoms with van der Waals surface area (Å²) in [5.41, 5.74) is 3.14. The quantitative estimate of drug-likeness (QED) is 0.785. The van der Waals surface area contributed by atoms with E-state index < -0.39 is 0 Å². The van der Waals surface area contributed by atoms with Gasteiger partial charge in [0.05, 0.1) is 23.6 Å². The van der Waals surface area contributed by atoms with Crippen molar-refractivity contribution in [1.29, 1.82) is 0 Å². The monoisotopic (exact) mass is 267 g/mol. The van der Waals surface area contributed by atoms with E-state index in [4.69, 9.17) is 0 Å². The minimum Gasteiger partial charge on any atom is -0.308 e. The Hall–Kier alpha value is -2.40. The highest BCUT2D eigenvalue weighted by molar-refractivity contribution is 5.32. The standard InChI is InChI=1S/C15H17N5/c1-16-15(12-10-17-19(2)11-12)14-8-9-20(18-14)13-6-4-3-5-7-13/h3-11,15-16H,1-2H3.